The number of aliphatic hydroxyl groups is 1. The normalized spacial score (nSPS) is 24.3. The lowest BCUT2D eigenvalue weighted by Gasteiger charge is -2.39. The van der Waals surface area contributed by atoms with Crippen molar-refractivity contribution in [2.24, 2.45) is 17.3 Å². The van der Waals surface area contributed by atoms with Gasteiger partial charge in [0.1, 0.15) is 0 Å². The number of piperidine rings is 1. The van der Waals surface area contributed by atoms with Crippen molar-refractivity contribution in [3.63, 3.8) is 0 Å². The minimum absolute atomic E-state index is 0.00561. The van der Waals surface area contributed by atoms with Gasteiger partial charge in [0.05, 0.1) is 6.10 Å². The van der Waals surface area contributed by atoms with Crippen LogP contribution >= 0.6 is 0 Å². The first-order valence-corrected chi connectivity index (χ1v) is 8.25. The largest absolute Gasteiger partial charge is 0.393 e. The highest BCUT2D eigenvalue weighted by Crippen LogP contribution is 2.25. The molecule has 5 heteroatoms. The predicted molar refractivity (Wildman–Crippen MR) is 87.2 cm³/mol. The molecule has 0 aromatic heterocycles. The van der Waals surface area contributed by atoms with Crippen LogP contribution in [0.15, 0.2) is 0 Å². The molecular formula is C17H32N2O3. The fraction of sp³-hybridized carbons (Fsp3) is 0.882. The summed E-state index contributed by atoms with van der Waals surface area (Å²) in [7, 11) is 0. The second-order valence-corrected chi connectivity index (χ2v) is 7.99. The summed E-state index contributed by atoms with van der Waals surface area (Å²) < 4.78 is 0. The second kappa shape index (κ2) is 7.44. The summed E-state index contributed by atoms with van der Waals surface area (Å²) in [5.41, 5.74) is -0.439. The van der Waals surface area contributed by atoms with E-state index in [-0.39, 0.29) is 35.8 Å². The Morgan fingerprint density at radius 2 is 1.86 bits per heavy atom. The molecule has 0 aliphatic carbocycles. The van der Waals surface area contributed by atoms with E-state index in [0.717, 1.165) is 6.42 Å². The highest BCUT2D eigenvalue weighted by Gasteiger charge is 2.33. The third-order valence-corrected chi connectivity index (χ3v) is 4.34. The number of aliphatic hydroxyl groups excluding tert-OH is 1. The van der Waals surface area contributed by atoms with Gasteiger partial charge in [-0.3, -0.25) is 9.59 Å². The molecule has 1 heterocycles. The van der Waals surface area contributed by atoms with Crippen LogP contribution in [0.4, 0.5) is 0 Å². The standard InChI is InChI=1S/C17H32N2O3/c1-11(2)15(21)8-13-7-14(10-19(9-13)12(3)20)18-16(22)17(4,5)6/h11,13-15,21H,7-10H2,1-6H3,(H,18,22). The van der Waals surface area contributed by atoms with E-state index in [2.05, 4.69) is 5.32 Å². The Balaban J connectivity index is 2.73. The minimum atomic E-state index is -0.439. The Morgan fingerprint density at radius 3 is 2.32 bits per heavy atom. The minimum Gasteiger partial charge on any atom is -0.393 e. The quantitative estimate of drug-likeness (QED) is 0.831. The number of hydrogen-bond donors (Lipinski definition) is 2. The van der Waals surface area contributed by atoms with Crippen LogP contribution in [-0.4, -0.2) is 47.1 Å². The summed E-state index contributed by atoms with van der Waals surface area (Å²) in [5, 5.41) is 13.2. The molecule has 2 N–H and O–H groups in total. The first kappa shape index (κ1) is 18.9. The molecule has 1 fully saturated rings. The van der Waals surface area contributed by atoms with Crippen molar-refractivity contribution in [2.75, 3.05) is 13.1 Å². The molecule has 1 aliphatic heterocycles. The van der Waals surface area contributed by atoms with E-state index in [1.165, 1.54) is 0 Å². The number of carbonyl (C=O) groups excluding carboxylic acids is 2. The molecule has 0 spiro atoms. The molecule has 5 nitrogen and oxygen atoms in total. The molecule has 0 aromatic carbocycles. The van der Waals surface area contributed by atoms with Crippen LogP contribution in [0.3, 0.4) is 0 Å². The van der Waals surface area contributed by atoms with Gasteiger partial charge in [-0.15, -0.1) is 0 Å². The zero-order valence-corrected chi connectivity index (χ0v) is 14.8. The summed E-state index contributed by atoms with van der Waals surface area (Å²) in [6.07, 6.45) is 1.12. The van der Waals surface area contributed by atoms with Gasteiger partial charge >= 0.3 is 0 Å². The van der Waals surface area contributed by atoms with Crippen LogP contribution < -0.4 is 5.32 Å². The number of amides is 2. The summed E-state index contributed by atoms with van der Waals surface area (Å²) >= 11 is 0. The maximum absolute atomic E-state index is 12.2. The fourth-order valence-electron chi connectivity index (χ4n) is 2.75. The number of rotatable bonds is 4. The van der Waals surface area contributed by atoms with Gasteiger partial charge in [0.15, 0.2) is 0 Å². The van der Waals surface area contributed by atoms with Crippen LogP contribution in [0.2, 0.25) is 0 Å². The maximum Gasteiger partial charge on any atom is 0.225 e. The van der Waals surface area contributed by atoms with E-state index in [1.807, 2.05) is 34.6 Å². The topological polar surface area (TPSA) is 69.6 Å². The van der Waals surface area contributed by atoms with E-state index < -0.39 is 5.41 Å². The van der Waals surface area contributed by atoms with Crippen LogP contribution in [-0.2, 0) is 9.59 Å². The number of carbonyl (C=O) groups is 2. The molecule has 3 unspecified atom stereocenters. The van der Waals surface area contributed by atoms with Gasteiger partial charge in [0.25, 0.3) is 0 Å². The van der Waals surface area contributed by atoms with Crippen molar-refractivity contribution < 1.29 is 14.7 Å². The Hall–Kier alpha value is -1.10. The summed E-state index contributed by atoms with van der Waals surface area (Å²) in [5.74, 6) is 0.459. The average molecular weight is 312 g/mol. The molecule has 1 rings (SSSR count). The summed E-state index contributed by atoms with van der Waals surface area (Å²) in [4.78, 5) is 25.7. The highest BCUT2D eigenvalue weighted by atomic mass is 16.3. The number of hydrogen-bond acceptors (Lipinski definition) is 3. The molecule has 22 heavy (non-hydrogen) atoms. The van der Waals surface area contributed by atoms with Crippen LogP contribution in [0.5, 0.6) is 0 Å². The zero-order valence-electron chi connectivity index (χ0n) is 14.8. The SMILES string of the molecule is CC(=O)N1CC(CC(O)C(C)C)CC(NC(=O)C(C)(C)C)C1. The first-order chi connectivity index (χ1) is 10.0. The predicted octanol–water partition coefficient (Wildman–Crippen LogP) is 1.79. The molecule has 0 saturated carbocycles. The highest BCUT2D eigenvalue weighted by molar-refractivity contribution is 5.81. The molecule has 0 bridgehead atoms. The molecule has 1 saturated heterocycles. The maximum atomic E-state index is 12.2. The molecule has 0 aromatic rings. The number of nitrogens with one attached hydrogen (secondary N) is 1. The summed E-state index contributed by atoms with van der Waals surface area (Å²) in [6.45, 7) is 12.4. The van der Waals surface area contributed by atoms with Gasteiger partial charge in [-0.25, -0.2) is 0 Å². The van der Waals surface area contributed by atoms with Crippen LogP contribution in [0, 0.1) is 17.3 Å². The summed E-state index contributed by atoms with van der Waals surface area (Å²) in [6, 6.07) is -0.0336. The lowest BCUT2D eigenvalue weighted by atomic mass is 9.86. The van der Waals surface area contributed by atoms with E-state index in [9.17, 15) is 14.7 Å². The smallest absolute Gasteiger partial charge is 0.225 e. The Morgan fingerprint density at radius 1 is 1.27 bits per heavy atom. The number of likely N-dealkylation sites (tertiary alicyclic amines) is 1. The lowest BCUT2D eigenvalue weighted by molar-refractivity contribution is -0.134. The van der Waals surface area contributed by atoms with Crippen molar-refractivity contribution in [1.29, 1.82) is 0 Å². The molecule has 1 aliphatic rings. The van der Waals surface area contributed by atoms with Crippen LogP contribution in [0.25, 0.3) is 0 Å². The van der Waals surface area contributed by atoms with Gasteiger partial charge in [-0.2, -0.15) is 0 Å². The molecule has 128 valence electrons. The number of nitrogens with zero attached hydrogens (tertiary/aromatic N) is 1. The van der Waals surface area contributed by atoms with Gasteiger partial charge in [-0.1, -0.05) is 34.6 Å². The van der Waals surface area contributed by atoms with Crippen molar-refractivity contribution in [1.82, 2.24) is 10.2 Å². The average Bonchev–Trinajstić information content (AvgIpc) is 2.36. The van der Waals surface area contributed by atoms with E-state index in [1.54, 1.807) is 11.8 Å². The molecular weight excluding hydrogens is 280 g/mol. The Bertz CT molecular complexity index is 401. The molecule has 3 atom stereocenters. The van der Waals surface area contributed by atoms with E-state index in [4.69, 9.17) is 0 Å². The molecule has 2 amide bonds. The third-order valence-electron chi connectivity index (χ3n) is 4.34. The Kier molecular flexibility index (Phi) is 6.41. The monoisotopic (exact) mass is 312 g/mol. The van der Waals surface area contributed by atoms with Crippen molar-refractivity contribution >= 4 is 11.8 Å². The van der Waals surface area contributed by atoms with Gasteiger partial charge in [0, 0.05) is 31.5 Å². The van der Waals surface area contributed by atoms with Crippen molar-refractivity contribution in [3.05, 3.63) is 0 Å². The van der Waals surface area contributed by atoms with Gasteiger partial charge in [0.2, 0.25) is 11.8 Å². The van der Waals surface area contributed by atoms with Gasteiger partial charge in [-0.05, 0) is 24.7 Å². The van der Waals surface area contributed by atoms with E-state index in [0.29, 0.717) is 19.5 Å². The fourth-order valence-corrected chi connectivity index (χ4v) is 2.75. The van der Waals surface area contributed by atoms with Crippen molar-refractivity contribution in [2.45, 2.75) is 66.5 Å². The molecule has 0 radical (unpaired) electrons. The first-order valence-electron chi connectivity index (χ1n) is 8.25. The van der Waals surface area contributed by atoms with Gasteiger partial charge < -0.3 is 15.3 Å². The van der Waals surface area contributed by atoms with Crippen molar-refractivity contribution in [3.8, 4) is 0 Å². The second-order valence-electron chi connectivity index (χ2n) is 7.99. The third kappa shape index (κ3) is 5.59. The zero-order chi connectivity index (χ0) is 17.1. The Labute approximate surface area is 134 Å². The van der Waals surface area contributed by atoms with Crippen LogP contribution in [0.1, 0.15) is 54.4 Å². The van der Waals surface area contributed by atoms with E-state index >= 15 is 0 Å². The lowest BCUT2D eigenvalue weighted by Crippen LogP contribution is -2.54.